The van der Waals surface area contributed by atoms with Crippen LogP contribution in [0.5, 0.6) is 5.75 Å². The van der Waals surface area contributed by atoms with Crippen LogP contribution in [0.4, 0.5) is 0 Å². The summed E-state index contributed by atoms with van der Waals surface area (Å²) in [6.07, 6.45) is 4.02. The molecule has 0 saturated carbocycles. The number of nitrogens with zero attached hydrogens (tertiary/aromatic N) is 3. The molecule has 0 bridgehead atoms. The zero-order chi connectivity index (χ0) is 15.1. The Balaban J connectivity index is 2.16. The van der Waals surface area contributed by atoms with E-state index < -0.39 is 0 Å². The highest BCUT2D eigenvalue weighted by Crippen LogP contribution is 2.18. The first-order chi connectivity index (χ1) is 10.3. The molecule has 1 aromatic carbocycles. The Labute approximate surface area is 125 Å². The third-order valence-electron chi connectivity index (χ3n) is 3.33. The summed E-state index contributed by atoms with van der Waals surface area (Å²) in [6.45, 7) is 4.91. The van der Waals surface area contributed by atoms with Gasteiger partial charge < -0.3 is 9.84 Å². The zero-order valence-electron chi connectivity index (χ0n) is 12.7. The summed E-state index contributed by atoms with van der Waals surface area (Å²) in [4.78, 5) is 0. The van der Waals surface area contributed by atoms with Crippen LogP contribution in [-0.4, -0.2) is 26.7 Å². The van der Waals surface area contributed by atoms with Gasteiger partial charge in [0.2, 0.25) is 0 Å². The van der Waals surface area contributed by atoms with Crippen molar-refractivity contribution in [1.82, 2.24) is 15.0 Å². The average Bonchev–Trinajstić information content (AvgIpc) is 2.91. The van der Waals surface area contributed by atoms with Gasteiger partial charge in [0.05, 0.1) is 24.6 Å². The van der Waals surface area contributed by atoms with Crippen LogP contribution >= 0.6 is 0 Å². The van der Waals surface area contributed by atoms with Crippen molar-refractivity contribution in [3.05, 3.63) is 35.7 Å². The van der Waals surface area contributed by atoms with Crippen molar-refractivity contribution in [2.24, 2.45) is 0 Å². The molecular weight excluding hydrogens is 266 g/mol. The Bertz CT molecular complexity index is 549. The van der Waals surface area contributed by atoms with Gasteiger partial charge >= 0.3 is 0 Å². The summed E-state index contributed by atoms with van der Waals surface area (Å²) < 4.78 is 7.45. The third kappa shape index (κ3) is 3.82. The maximum atomic E-state index is 9.33. The van der Waals surface area contributed by atoms with E-state index in [4.69, 9.17) is 4.74 Å². The van der Waals surface area contributed by atoms with Gasteiger partial charge in [-0.25, -0.2) is 4.68 Å². The first-order valence-electron chi connectivity index (χ1n) is 7.57. The van der Waals surface area contributed by atoms with Gasteiger partial charge in [-0.15, -0.1) is 5.10 Å². The van der Waals surface area contributed by atoms with Crippen LogP contribution in [0.2, 0.25) is 0 Å². The Morgan fingerprint density at radius 1 is 1.14 bits per heavy atom. The van der Waals surface area contributed by atoms with Gasteiger partial charge in [0, 0.05) is 0 Å². The van der Waals surface area contributed by atoms with Crippen molar-refractivity contribution in [3.63, 3.8) is 0 Å². The molecule has 21 heavy (non-hydrogen) atoms. The maximum absolute atomic E-state index is 9.33. The van der Waals surface area contributed by atoms with Gasteiger partial charge in [0.25, 0.3) is 0 Å². The molecule has 1 heterocycles. The van der Waals surface area contributed by atoms with Crippen LogP contribution in [0.3, 0.4) is 0 Å². The summed E-state index contributed by atoms with van der Waals surface area (Å²) in [7, 11) is 0. The van der Waals surface area contributed by atoms with E-state index in [9.17, 15) is 5.11 Å². The normalized spacial score (nSPS) is 10.8. The van der Waals surface area contributed by atoms with Crippen LogP contribution in [0.25, 0.3) is 5.69 Å². The molecule has 0 fully saturated rings. The molecule has 0 radical (unpaired) electrons. The number of hydrogen-bond donors (Lipinski definition) is 1. The first-order valence-corrected chi connectivity index (χ1v) is 7.57. The van der Waals surface area contributed by atoms with Gasteiger partial charge in [-0.3, -0.25) is 0 Å². The van der Waals surface area contributed by atoms with E-state index in [0.29, 0.717) is 5.69 Å². The minimum absolute atomic E-state index is 0.0758. The Hall–Kier alpha value is -1.88. The Kier molecular flexibility index (Phi) is 5.75. The predicted molar refractivity (Wildman–Crippen MR) is 81.7 cm³/mol. The second-order valence-corrected chi connectivity index (χ2v) is 5.00. The Morgan fingerprint density at radius 3 is 2.52 bits per heavy atom. The quantitative estimate of drug-likeness (QED) is 0.759. The van der Waals surface area contributed by atoms with Crippen molar-refractivity contribution in [3.8, 4) is 11.4 Å². The molecule has 0 aliphatic rings. The SMILES string of the molecule is CCCCOc1ccc(-n2nnc(CO)c2CCC)cc1. The van der Waals surface area contributed by atoms with E-state index in [1.54, 1.807) is 4.68 Å². The van der Waals surface area contributed by atoms with Crippen molar-refractivity contribution >= 4 is 0 Å². The van der Waals surface area contributed by atoms with Gasteiger partial charge in [-0.05, 0) is 37.1 Å². The number of hydrogen-bond acceptors (Lipinski definition) is 4. The van der Waals surface area contributed by atoms with Crippen molar-refractivity contribution in [2.45, 2.75) is 46.1 Å². The summed E-state index contributed by atoms with van der Waals surface area (Å²) in [5.41, 5.74) is 2.56. The van der Waals surface area contributed by atoms with Crippen molar-refractivity contribution in [2.75, 3.05) is 6.61 Å². The number of ether oxygens (including phenoxy) is 1. The average molecular weight is 289 g/mol. The number of unbranched alkanes of at least 4 members (excludes halogenated alkanes) is 1. The van der Waals surface area contributed by atoms with Crippen molar-refractivity contribution < 1.29 is 9.84 Å². The summed E-state index contributed by atoms with van der Waals surface area (Å²) >= 11 is 0. The number of aliphatic hydroxyl groups excluding tert-OH is 1. The second kappa shape index (κ2) is 7.78. The minimum atomic E-state index is -0.0758. The fraction of sp³-hybridized carbons (Fsp3) is 0.500. The molecule has 0 saturated heterocycles. The lowest BCUT2D eigenvalue weighted by Gasteiger charge is -2.09. The molecule has 0 amide bonds. The minimum Gasteiger partial charge on any atom is -0.494 e. The number of aromatic nitrogens is 3. The van der Waals surface area contributed by atoms with Crippen LogP contribution in [0.15, 0.2) is 24.3 Å². The standard InChI is InChI=1S/C16H23N3O2/c1-3-5-11-21-14-9-7-13(8-10-14)19-16(6-4-2)15(12-20)17-18-19/h7-10,20H,3-6,11-12H2,1-2H3. The van der Waals surface area contributed by atoms with Crippen molar-refractivity contribution in [1.29, 1.82) is 0 Å². The van der Waals surface area contributed by atoms with Crippen LogP contribution in [-0.2, 0) is 13.0 Å². The van der Waals surface area contributed by atoms with Gasteiger partial charge in [0.1, 0.15) is 11.4 Å². The first kappa shape index (κ1) is 15.5. The molecule has 2 aromatic rings. The van der Waals surface area contributed by atoms with Gasteiger partial charge in [-0.2, -0.15) is 0 Å². The molecule has 1 aromatic heterocycles. The molecule has 2 rings (SSSR count). The number of aliphatic hydroxyl groups is 1. The van der Waals surface area contributed by atoms with E-state index in [0.717, 1.165) is 49.4 Å². The Morgan fingerprint density at radius 2 is 1.90 bits per heavy atom. The van der Waals surface area contributed by atoms with E-state index >= 15 is 0 Å². The van der Waals surface area contributed by atoms with Crippen LogP contribution in [0.1, 0.15) is 44.5 Å². The topological polar surface area (TPSA) is 60.2 Å². The van der Waals surface area contributed by atoms with E-state index in [-0.39, 0.29) is 6.61 Å². The molecule has 0 aliphatic heterocycles. The lowest BCUT2D eigenvalue weighted by atomic mass is 10.2. The summed E-state index contributed by atoms with van der Waals surface area (Å²) in [5, 5.41) is 17.5. The molecule has 1 N–H and O–H groups in total. The van der Waals surface area contributed by atoms with E-state index in [1.807, 2.05) is 24.3 Å². The molecule has 0 unspecified atom stereocenters. The molecule has 5 heteroatoms. The largest absolute Gasteiger partial charge is 0.494 e. The molecule has 5 nitrogen and oxygen atoms in total. The molecular formula is C16H23N3O2. The smallest absolute Gasteiger partial charge is 0.119 e. The molecule has 114 valence electrons. The zero-order valence-corrected chi connectivity index (χ0v) is 12.7. The van der Waals surface area contributed by atoms with E-state index in [1.165, 1.54) is 0 Å². The van der Waals surface area contributed by atoms with Gasteiger partial charge in [-0.1, -0.05) is 31.9 Å². The number of benzene rings is 1. The summed E-state index contributed by atoms with van der Waals surface area (Å²) in [6, 6.07) is 7.83. The lowest BCUT2D eigenvalue weighted by molar-refractivity contribution is 0.275. The molecule has 0 atom stereocenters. The monoisotopic (exact) mass is 289 g/mol. The highest BCUT2D eigenvalue weighted by atomic mass is 16.5. The fourth-order valence-electron chi connectivity index (χ4n) is 2.17. The predicted octanol–water partition coefficient (Wildman–Crippen LogP) is 2.89. The highest BCUT2D eigenvalue weighted by Gasteiger charge is 2.12. The third-order valence-corrected chi connectivity index (χ3v) is 3.33. The maximum Gasteiger partial charge on any atom is 0.119 e. The fourth-order valence-corrected chi connectivity index (χ4v) is 2.17. The molecule has 0 aliphatic carbocycles. The summed E-state index contributed by atoms with van der Waals surface area (Å²) in [5.74, 6) is 0.867. The second-order valence-electron chi connectivity index (χ2n) is 5.00. The van der Waals surface area contributed by atoms with Crippen LogP contribution in [0, 0.1) is 0 Å². The number of rotatable bonds is 8. The lowest BCUT2D eigenvalue weighted by Crippen LogP contribution is -2.04. The van der Waals surface area contributed by atoms with Gasteiger partial charge in [0.15, 0.2) is 0 Å². The highest BCUT2D eigenvalue weighted by molar-refractivity contribution is 5.38. The van der Waals surface area contributed by atoms with E-state index in [2.05, 4.69) is 24.2 Å². The molecule has 0 spiro atoms. The van der Waals surface area contributed by atoms with Crippen LogP contribution < -0.4 is 4.74 Å².